The van der Waals surface area contributed by atoms with Crippen molar-refractivity contribution in [2.75, 3.05) is 13.2 Å². The summed E-state index contributed by atoms with van der Waals surface area (Å²) in [5.41, 5.74) is 5.58. The molecule has 1 fully saturated rings. The standard InChI is InChI=1S/C10H19NO2/c1-2-13-10(12)9(7-11)8-5-3-4-6-8/h8-9H,2-7,11H2,1H3/t9-/m1/s1. The van der Waals surface area contributed by atoms with Gasteiger partial charge in [-0.15, -0.1) is 0 Å². The lowest BCUT2D eigenvalue weighted by Crippen LogP contribution is -2.31. The van der Waals surface area contributed by atoms with E-state index >= 15 is 0 Å². The summed E-state index contributed by atoms with van der Waals surface area (Å²) in [5.74, 6) is 0.323. The maximum absolute atomic E-state index is 11.5. The van der Waals surface area contributed by atoms with Crippen LogP contribution in [0, 0.1) is 11.8 Å². The van der Waals surface area contributed by atoms with Gasteiger partial charge in [-0.3, -0.25) is 4.79 Å². The second kappa shape index (κ2) is 5.22. The van der Waals surface area contributed by atoms with Crippen molar-refractivity contribution in [2.45, 2.75) is 32.6 Å². The van der Waals surface area contributed by atoms with Crippen molar-refractivity contribution in [3.8, 4) is 0 Å². The minimum absolute atomic E-state index is 0.0533. The molecule has 0 bridgehead atoms. The molecule has 1 atom stereocenters. The van der Waals surface area contributed by atoms with E-state index in [0.29, 0.717) is 19.1 Å². The Balaban J connectivity index is 2.44. The first-order valence-corrected chi connectivity index (χ1v) is 5.16. The van der Waals surface area contributed by atoms with Crippen LogP contribution in [0.25, 0.3) is 0 Å². The van der Waals surface area contributed by atoms with Gasteiger partial charge in [-0.1, -0.05) is 12.8 Å². The molecule has 0 unspecified atom stereocenters. The summed E-state index contributed by atoms with van der Waals surface area (Å²) >= 11 is 0. The summed E-state index contributed by atoms with van der Waals surface area (Å²) in [5, 5.41) is 0. The van der Waals surface area contributed by atoms with Crippen LogP contribution >= 0.6 is 0 Å². The van der Waals surface area contributed by atoms with Gasteiger partial charge in [0.1, 0.15) is 0 Å². The summed E-state index contributed by atoms with van der Waals surface area (Å²) in [7, 11) is 0. The largest absolute Gasteiger partial charge is 0.466 e. The van der Waals surface area contributed by atoms with E-state index in [4.69, 9.17) is 10.5 Å². The van der Waals surface area contributed by atoms with Gasteiger partial charge in [0.15, 0.2) is 0 Å². The van der Waals surface area contributed by atoms with Crippen LogP contribution in [0.2, 0.25) is 0 Å². The maximum atomic E-state index is 11.5. The normalized spacial score (nSPS) is 20.2. The number of rotatable bonds is 4. The van der Waals surface area contributed by atoms with Gasteiger partial charge in [0.25, 0.3) is 0 Å². The van der Waals surface area contributed by atoms with E-state index < -0.39 is 0 Å². The third-order valence-corrected chi connectivity index (χ3v) is 2.81. The molecule has 2 N–H and O–H groups in total. The fourth-order valence-electron chi connectivity index (χ4n) is 2.09. The Morgan fingerprint density at radius 1 is 1.54 bits per heavy atom. The molecule has 1 aliphatic carbocycles. The van der Waals surface area contributed by atoms with Gasteiger partial charge >= 0.3 is 5.97 Å². The van der Waals surface area contributed by atoms with E-state index in [1.54, 1.807) is 0 Å². The fourth-order valence-corrected chi connectivity index (χ4v) is 2.09. The molecule has 1 aliphatic rings. The van der Waals surface area contributed by atoms with Crippen molar-refractivity contribution < 1.29 is 9.53 Å². The minimum Gasteiger partial charge on any atom is -0.466 e. The Hall–Kier alpha value is -0.570. The predicted molar refractivity (Wildman–Crippen MR) is 51.1 cm³/mol. The maximum Gasteiger partial charge on any atom is 0.310 e. The summed E-state index contributed by atoms with van der Waals surface area (Å²) in [6.45, 7) is 2.73. The first kappa shape index (κ1) is 10.5. The summed E-state index contributed by atoms with van der Waals surface area (Å²) in [4.78, 5) is 11.5. The van der Waals surface area contributed by atoms with Crippen molar-refractivity contribution in [3.63, 3.8) is 0 Å². The average Bonchev–Trinajstić information content (AvgIpc) is 2.59. The number of hydrogen-bond donors (Lipinski definition) is 1. The number of carbonyl (C=O) groups is 1. The first-order chi connectivity index (χ1) is 6.29. The SMILES string of the molecule is CCOC(=O)[C@H](CN)C1CCCC1. The Kier molecular flexibility index (Phi) is 4.22. The first-order valence-electron chi connectivity index (χ1n) is 5.16. The molecule has 1 rings (SSSR count). The molecule has 1 saturated carbocycles. The van der Waals surface area contributed by atoms with Gasteiger partial charge in [0.05, 0.1) is 12.5 Å². The zero-order valence-corrected chi connectivity index (χ0v) is 8.29. The van der Waals surface area contributed by atoms with E-state index in [-0.39, 0.29) is 11.9 Å². The number of carbonyl (C=O) groups excluding carboxylic acids is 1. The number of nitrogens with two attached hydrogens (primary N) is 1. The van der Waals surface area contributed by atoms with E-state index in [2.05, 4.69) is 0 Å². The van der Waals surface area contributed by atoms with E-state index in [1.165, 1.54) is 12.8 Å². The molecule has 0 aliphatic heterocycles. The van der Waals surface area contributed by atoms with Crippen LogP contribution in [0.15, 0.2) is 0 Å². The molecule has 0 heterocycles. The van der Waals surface area contributed by atoms with Gasteiger partial charge < -0.3 is 10.5 Å². The second-order valence-electron chi connectivity index (χ2n) is 3.64. The summed E-state index contributed by atoms with van der Waals surface area (Å²) < 4.78 is 4.99. The van der Waals surface area contributed by atoms with Crippen LogP contribution in [0.4, 0.5) is 0 Å². The van der Waals surface area contributed by atoms with Crippen LogP contribution < -0.4 is 5.73 Å². The van der Waals surface area contributed by atoms with E-state index in [1.807, 2.05) is 6.92 Å². The zero-order chi connectivity index (χ0) is 9.68. The van der Waals surface area contributed by atoms with Crippen LogP contribution in [0.5, 0.6) is 0 Å². The summed E-state index contributed by atoms with van der Waals surface area (Å²) in [6, 6.07) is 0. The molecule has 13 heavy (non-hydrogen) atoms. The van der Waals surface area contributed by atoms with Crippen molar-refractivity contribution in [1.29, 1.82) is 0 Å². The lowest BCUT2D eigenvalue weighted by atomic mass is 9.91. The van der Waals surface area contributed by atoms with Crippen molar-refractivity contribution in [3.05, 3.63) is 0 Å². The van der Waals surface area contributed by atoms with Crippen LogP contribution in [0.1, 0.15) is 32.6 Å². The summed E-state index contributed by atoms with van der Waals surface area (Å²) in [6.07, 6.45) is 4.75. The lowest BCUT2D eigenvalue weighted by Gasteiger charge is -2.19. The van der Waals surface area contributed by atoms with Gasteiger partial charge in [0.2, 0.25) is 0 Å². The highest BCUT2D eigenvalue weighted by Crippen LogP contribution is 2.31. The van der Waals surface area contributed by atoms with Gasteiger partial charge in [-0.25, -0.2) is 0 Å². The van der Waals surface area contributed by atoms with Crippen molar-refractivity contribution in [2.24, 2.45) is 17.6 Å². The number of hydrogen-bond acceptors (Lipinski definition) is 3. The quantitative estimate of drug-likeness (QED) is 0.672. The molecule has 76 valence electrons. The zero-order valence-electron chi connectivity index (χ0n) is 8.29. The van der Waals surface area contributed by atoms with Crippen LogP contribution in [-0.2, 0) is 9.53 Å². The topological polar surface area (TPSA) is 52.3 Å². The molecule has 0 saturated heterocycles. The minimum atomic E-state index is -0.100. The smallest absolute Gasteiger partial charge is 0.310 e. The Morgan fingerprint density at radius 2 is 2.15 bits per heavy atom. The third-order valence-electron chi connectivity index (χ3n) is 2.81. The number of esters is 1. The van der Waals surface area contributed by atoms with Gasteiger partial charge in [-0.2, -0.15) is 0 Å². The highest BCUT2D eigenvalue weighted by atomic mass is 16.5. The molecule has 0 radical (unpaired) electrons. The second-order valence-corrected chi connectivity index (χ2v) is 3.64. The average molecular weight is 185 g/mol. The fraction of sp³-hybridized carbons (Fsp3) is 0.900. The van der Waals surface area contributed by atoms with Crippen LogP contribution in [-0.4, -0.2) is 19.1 Å². The van der Waals surface area contributed by atoms with E-state index in [9.17, 15) is 4.79 Å². The molecule has 0 aromatic rings. The Morgan fingerprint density at radius 3 is 2.62 bits per heavy atom. The molecule has 0 amide bonds. The van der Waals surface area contributed by atoms with E-state index in [0.717, 1.165) is 12.8 Å². The highest BCUT2D eigenvalue weighted by Gasteiger charge is 2.30. The molecule has 0 aromatic heterocycles. The molecular weight excluding hydrogens is 166 g/mol. The Bertz CT molecular complexity index is 164. The van der Waals surface area contributed by atoms with Crippen LogP contribution in [0.3, 0.4) is 0 Å². The van der Waals surface area contributed by atoms with Gasteiger partial charge in [0, 0.05) is 6.54 Å². The molecule has 3 heteroatoms. The third kappa shape index (κ3) is 2.69. The molecular formula is C10H19NO2. The predicted octanol–water partition coefficient (Wildman–Crippen LogP) is 1.31. The molecule has 0 spiro atoms. The highest BCUT2D eigenvalue weighted by molar-refractivity contribution is 5.73. The monoisotopic (exact) mass is 185 g/mol. The van der Waals surface area contributed by atoms with Crippen molar-refractivity contribution in [1.82, 2.24) is 0 Å². The Labute approximate surface area is 79.6 Å². The number of ether oxygens (including phenoxy) is 1. The van der Waals surface area contributed by atoms with Gasteiger partial charge in [-0.05, 0) is 25.7 Å². The molecule has 3 nitrogen and oxygen atoms in total. The van der Waals surface area contributed by atoms with Crippen molar-refractivity contribution >= 4 is 5.97 Å². The lowest BCUT2D eigenvalue weighted by molar-refractivity contribution is -0.149. The molecule has 0 aromatic carbocycles.